The van der Waals surface area contributed by atoms with E-state index in [0.717, 1.165) is 43.6 Å². The van der Waals surface area contributed by atoms with Crippen LogP contribution >= 0.6 is 0 Å². The molecule has 4 nitrogen and oxygen atoms in total. The second kappa shape index (κ2) is 7.59. The lowest BCUT2D eigenvalue weighted by Crippen LogP contribution is -2.41. The Hall–Kier alpha value is -0.945. The summed E-state index contributed by atoms with van der Waals surface area (Å²) in [6, 6.07) is 5.14. The van der Waals surface area contributed by atoms with Gasteiger partial charge in [-0.1, -0.05) is 13.0 Å². The van der Waals surface area contributed by atoms with Crippen molar-refractivity contribution >= 4 is 12.6 Å². The maximum absolute atomic E-state index is 14.3. The summed E-state index contributed by atoms with van der Waals surface area (Å²) in [6.07, 6.45) is 2.27. The van der Waals surface area contributed by atoms with Crippen molar-refractivity contribution in [2.45, 2.75) is 71.3 Å². The van der Waals surface area contributed by atoms with Crippen LogP contribution in [0, 0.1) is 5.82 Å². The Labute approximate surface area is 157 Å². The van der Waals surface area contributed by atoms with E-state index in [1.807, 2.05) is 33.8 Å². The molecule has 0 aliphatic carbocycles. The number of rotatable bonds is 4. The van der Waals surface area contributed by atoms with Crippen molar-refractivity contribution in [2.75, 3.05) is 19.7 Å². The molecule has 144 valence electrons. The van der Waals surface area contributed by atoms with Crippen molar-refractivity contribution in [3.05, 3.63) is 29.6 Å². The first-order chi connectivity index (χ1) is 12.2. The molecule has 0 amide bonds. The molecule has 2 heterocycles. The Morgan fingerprint density at radius 1 is 1.15 bits per heavy atom. The highest BCUT2D eigenvalue weighted by atomic mass is 19.1. The molecule has 1 unspecified atom stereocenters. The van der Waals surface area contributed by atoms with Gasteiger partial charge in [0.05, 0.1) is 17.3 Å². The third-order valence-electron chi connectivity index (χ3n) is 5.80. The fourth-order valence-electron chi connectivity index (χ4n) is 3.50. The first-order valence-electron chi connectivity index (χ1n) is 9.69. The van der Waals surface area contributed by atoms with E-state index in [1.54, 1.807) is 6.07 Å². The van der Waals surface area contributed by atoms with Gasteiger partial charge in [0, 0.05) is 26.2 Å². The number of nitrogens with zero attached hydrogens (tertiary/aromatic N) is 1. The number of hydrogen-bond donors (Lipinski definition) is 0. The van der Waals surface area contributed by atoms with Gasteiger partial charge < -0.3 is 14.0 Å². The van der Waals surface area contributed by atoms with Crippen LogP contribution in [-0.4, -0.2) is 49.0 Å². The molecule has 3 rings (SSSR count). The summed E-state index contributed by atoms with van der Waals surface area (Å²) in [7, 11) is -0.537. The van der Waals surface area contributed by atoms with Crippen LogP contribution in [0.2, 0.25) is 0 Å². The van der Waals surface area contributed by atoms with E-state index >= 15 is 0 Å². The van der Waals surface area contributed by atoms with Crippen LogP contribution in [0.1, 0.15) is 53.0 Å². The third-order valence-corrected chi connectivity index (χ3v) is 5.80. The molecule has 2 aliphatic heterocycles. The van der Waals surface area contributed by atoms with E-state index in [1.165, 1.54) is 6.07 Å². The Bertz CT molecular complexity index is 621. The van der Waals surface area contributed by atoms with Gasteiger partial charge in [0.2, 0.25) is 0 Å². The molecule has 2 saturated heterocycles. The lowest BCUT2D eigenvalue weighted by atomic mass is 9.78. The number of benzene rings is 1. The van der Waals surface area contributed by atoms with Gasteiger partial charge in [0.25, 0.3) is 0 Å². The zero-order chi connectivity index (χ0) is 18.9. The SMILES string of the molecule is CCC1CN(Cc2cc(F)cc(B3OC(C)(C)C(C)(C)O3)c2)CCCO1. The van der Waals surface area contributed by atoms with Crippen molar-refractivity contribution in [2.24, 2.45) is 0 Å². The largest absolute Gasteiger partial charge is 0.494 e. The molecular weight excluding hydrogens is 332 g/mol. The average molecular weight is 363 g/mol. The summed E-state index contributed by atoms with van der Waals surface area (Å²) in [5, 5.41) is 0. The molecule has 2 fully saturated rings. The molecule has 2 aliphatic rings. The minimum absolute atomic E-state index is 0.245. The van der Waals surface area contributed by atoms with Gasteiger partial charge in [-0.15, -0.1) is 0 Å². The van der Waals surface area contributed by atoms with Crippen LogP contribution in [0.5, 0.6) is 0 Å². The Morgan fingerprint density at radius 2 is 1.85 bits per heavy atom. The predicted molar refractivity (Wildman–Crippen MR) is 102 cm³/mol. The molecule has 1 atom stereocenters. The van der Waals surface area contributed by atoms with E-state index in [4.69, 9.17) is 14.0 Å². The van der Waals surface area contributed by atoms with Crippen LogP contribution in [0.15, 0.2) is 18.2 Å². The van der Waals surface area contributed by atoms with Crippen LogP contribution < -0.4 is 5.46 Å². The van der Waals surface area contributed by atoms with Gasteiger partial charge in [-0.3, -0.25) is 4.90 Å². The second-order valence-electron chi connectivity index (χ2n) is 8.47. The molecule has 0 saturated carbocycles. The Balaban J connectivity index is 1.76. The van der Waals surface area contributed by atoms with Gasteiger partial charge >= 0.3 is 7.12 Å². The second-order valence-corrected chi connectivity index (χ2v) is 8.47. The molecule has 26 heavy (non-hydrogen) atoms. The lowest BCUT2D eigenvalue weighted by molar-refractivity contribution is 0.00578. The van der Waals surface area contributed by atoms with Gasteiger partial charge in [0.15, 0.2) is 0 Å². The lowest BCUT2D eigenvalue weighted by Gasteiger charge is -2.32. The highest BCUT2D eigenvalue weighted by Crippen LogP contribution is 2.36. The summed E-state index contributed by atoms with van der Waals surface area (Å²) < 4.78 is 32.3. The molecule has 0 bridgehead atoms. The summed E-state index contributed by atoms with van der Waals surface area (Å²) in [4.78, 5) is 2.35. The zero-order valence-electron chi connectivity index (χ0n) is 16.7. The molecule has 6 heteroatoms. The van der Waals surface area contributed by atoms with Crippen LogP contribution in [-0.2, 0) is 20.6 Å². The maximum Gasteiger partial charge on any atom is 0.494 e. The van der Waals surface area contributed by atoms with Crippen molar-refractivity contribution in [1.82, 2.24) is 4.90 Å². The first-order valence-corrected chi connectivity index (χ1v) is 9.69. The zero-order valence-corrected chi connectivity index (χ0v) is 16.7. The fourth-order valence-corrected chi connectivity index (χ4v) is 3.50. The van der Waals surface area contributed by atoms with Crippen molar-refractivity contribution in [3.8, 4) is 0 Å². The highest BCUT2D eigenvalue weighted by Gasteiger charge is 2.51. The van der Waals surface area contributed by atoms with Crippen LogP contribution in [0.3, 0.4) is 0 Å². The van der Waals surface area contributed by atoms with Crippen LogP contribution in [0.25, 0.3) is 0 Å². The number of halogens is 1. The monoisotopic (exact) mass is 363 g/mol. The quantitative estimate of drug-likeness (QED) is 0.770. The van der Waals surface area contributed by atoms with E-state index in [0.29, 0.717) is 6.54 Å². The van der Waals surface area contributed by atoms with Crippen molar-refractivity contribution in [3.63, 3.8) is 0 Å². The topological polar surface area (TPSA) is 30.9 Å². The minimum Gasteiger partial charge on any atom is -0.399 e. The van der Waals surface area contributed by atoms with Gasteiger partial charge in [-0.25, -0.2) is 4.39 Å². The van der Waals surface area contributed by atoms with Crippen molar-refractivity contribution < 1.29 is 18.4 Å². The van der Waals surface area contributed by atoms with E-state index in [-0.39, 0.29) is 11.9 Å². The predicted octanol–water partition coefficient (Wildman–Crippen LogP) is 3.13. The molecule has 0 spiro atoms. The number of hydrogen-bond acceptors (Lipinski definition) is 4. The molecular formula is C20H31BFNO3. The molecule has 0 N–H and O–H groups in total. The molecule has 1 aromatic rings. The van der Waals surface area contributed by atoms with E-state index in [9.17, 15) is 4.39 Å². The standard InChI is InChI=1S/C20H31BFNO3/c1-6-18-14-23(8-7-9-24-18)13-15-10-16(12-17(22)11-15)21-25-19(2,3)20(4,5)26-21/h10-12,18H,6-9,13-14H2,1-5H3. The molecule has 0 radical (unpaired) electrons. The van der Waals surface area contributed by atoms with Gasteiger partial charge in [0.1, 0.15) is 5.82 Å². The average Bonchev–Trinajstić information content (AvgIpc) is 2.70. The van der Waals surface area contributed by atoms with Crippen LogP contribution in [0.4, 0.5) is 4.39 Å². The van der Waals surface area contributed by atoms with E-state index in [2.05, 4.69) is 11.8 Å². The highest BCUT2D eigenvalue weighted by molar-refractivity contribution is 6.62. The molecule has 1 aromatic carbocycles. The first kappa shape index (κ1) is 19.8. The van der Waals surface area contributed by atoms with Gasteiger partial charge in [-0.2, -0.15) is 0 Å². The van der Waals surface area contributed by atoms with E-state index < -0.39 is 18.3 Å². The number of ether oxygens (including phenoxy) is 1. The van der Waals surface area contributed by atoms with Crippen molar-refractivity contribution in [1.29, 1.82) is 0 Å². The normalized spacial score (nSPS) is 26.1. The summed E-state index contributed by atoms with van der Waals surface area (Å²) >= 11 is 0. The molecule has 0 aromatic heterocycles. The summed E-state index contributed by atoms with van der Waals surface area (Å²) in [5.41, 5.74) is 0.838. The Morgan fingerprint density at radius 3 is 2.50 bits per heavy atom. The summed E-state index contributed by atoms with van der Waals surface area (Å²) in [5.74, 6) is -0.245. The smallest absolute Gasteiger partial charge is 0.399 e. The minimum atomic E-state index is -0.537. The summed E-state index contributed by atoms with van der Waals surface area (Å²) in [6.45, 7) is 13.6. The Kier molecular flexibility index (Phi) is 5.78. The fraction of sp³-hybridized carbons (Fsp3) is 0.700. The third kappa shape index (κ3) is 4.30. The van der Waals surface area contributed by atoms with Gasteiger partial charge in [-0.05, 0) is 63.7 Å². The maximum atomic E-state index is 14.3.